The molecule has 0 saturated heterocycles. The molecule has 1 aromatic carbocycles. The SMILES string of the molecule is COc1c(C)cc(C)cc1CC(N)=O. The maximum absolute atomic E-state index is 10.8. The maximum Gasteiger partial charge on any atom is 0.221 e. The number of methoxy groups -OCH3 is 1. The van der Waals surface area contributed by atoms with Gasteiger partial charge in [-0.25, -0.2) is 0 Å². The van der Waals surface area contributed by atoms with Gasteiger partial charge in [-0.3, -0.25) is 4.79 Å². The molecule has 0 bridgehead atoms. The van der Waals surface area contributed by atoms with Gasteiger partial charge >= 0.3 is 0 Å². The number of hydrogen-bond donors (Lipinski definition) is 1. The van der Waals surface area contributed by atoms with Gasteiger partial charge in [-0.1, -0.05) is 17.7 Å². The third-order valence-electron chi connectivity index (χ3n) is 2.06. The van der Waals surface area contributed by atoms with Crippen LogP contribution in [0, 0.1) is 13.8 Å². The molecule has 0 aliphatic carbocycles. The molecule has 1 amide bonds. The largest absolute Gasteiger partial charge is 0.496 e. The topological polar surface area (TPSA) is 52.3 Å². The van der Waals surface area contributed by atoms with Gasteiger partial charge in [0.1, 0.15) is 5.75 Å². The van der Waals surface area contributed by atoms with Crippen molar-refractivity contribution in [3.05, 3.63) is 28.8 Å². The predicted molar refractivity (Wildman–Crippen MR) is 55.4 cm³/mol. The summed E-state index contributed by atoms with van der Waals surface area (Å²) in [6.07, 6.45) is 0.228. The number of benzene rings is 1. The number of amides is 1. The van der Waals surface area contributed by atoms with Crippen molar-refractivity contribution in [1.29, 1.82) is 0 Å². The first kappa shape index (κ1) is 10.6. The van der Waals surface area contributed by atoms with E-state index in [-0.39, 0.29) is 12.3 Å². The molecule has 0 heterocycles. The molecule has 0 fully saturated rings. The van der Waals surface area contributed by atoms with Crippen LogP contribution in [0.1, 0.15) is 16.7 Å². The number of carbonyl (C=O) groups is 1. The first-order valence-corrected chi connectivity index (χ1v) is 4.47. The van der Waals surface area contributed by atoms with E-state index < -0.39 is 0 Å². The molecule has 0 aliphatic heterocycles. The summed E-state index contributed by atoms with van der Waals surface area (Å²) in [5, 5.41) is 0. The van der Waals surface area contributed by atoms with E-state index >= 15 is 0 Å². The second-order valence-corrected chi connectivity index (χ2v) is 3.42. The smallest absolute Gasteiger partial charge is 0.221 e. The molecule has 2 N–H and O–H groups in total. The van der Waals surface area contributed by atoms with Crippen LogP contribution in [0.2, 0.25) is 0 Å². The van der Waals surface area contributed by atoms with Gasteiger partial charge < -0.3 is 10.5 Å². The van der Waals surface area contributed by atoms with E-state index in [0.29, 0.717) is 0 Å². The highest BCUT2D eigenvalue weighted by molar-refractivity contribution is 5.77. The Morgan fingerprint density at radius 3 is 2.57 bits per heavy atom. The van der Waals surface area contributed by atoms with Gasteiger partial charge in [0.15, 0.2) is 0 Å². The molecule has 14 heavy (non-hydrogen) atoms. The lowest BCUT2D eigenvalue weighted by Gasteiger charge is -2.11. The first-order valence-electron chi connectivity index (χ1n) is 4.47. The molecule has 3 nitrogen and oxygen atoms in total. The minimum Gasteiger partial charge on any atom is -0.496 e. The van der Waals surface area contributed by atoms with Gasteiger partial charge in [-0.15, -0.1) is 0 Å². The number of rotatable bonds is 3. The van der Waals surface area contributed by atoms with Crippen LogP contribution in [0.25, 0.3) is 0 Å². The lowest BCUT2D eigenvalue weighted by Crippen LogP contribution is -2.14. The molecule has 76 valence electrons. The maximum atomic E-state index is 10.8. The second kappa shape index (κ2) is 4.13. The number of carbonyl (C=O) groups excluding carboxylic acids is 1. The Morgan fingerprint density at radius 1 is 1.43 bits per heavy atom. The van der Waals surface area contributed by atoms with Crippen LogP contribution in [0.4, 0.5) is 0 Å². The third kappa shape index (κ3) is 2.25. The minimum absolute atomic E-state index is 0.228. The van der Waals surface area contributed by atoms with Crippen LogP contribution in [-0.2, 0) is 11.2 Å². The molecule has 0 aromatic heterocycles. The van der Waals surface area contributed by atoms with Crippen molar-refractivity contribution in [1.82, 2.24) is 0 Å². The van der Waals surface area contributed by atoms with Crippen molar-refractivity contribution in [2.24, 2.45) is 5.73 Å². The molecule has 0 spiro atoms. The minimum atomic E-state index is -0.340. The fourth-order valence-corrected chi connectivity index (χ4v) is 1.65. The van der Waals surface area contributed by atoms with E-state index in [9.17, 15) is 4.79 Å². The summed E-state index contributed by atoms with van der Waals surface area (Å²) in [4.78, 5) is 10.8. The Labute approximate surface area is 83.9 Å². The molecular weight excluding hydrogens is 178 g/mol. The molecule has 0 aliphatic rings. The monoisotopic (exact) mass is 193 g/mol. The lowest BCUT2D eigenvalue weighted by atomic mass is 10.0. The van der Waals surface area contributed by atoms with E-state index in [4.69, 9.17) is 10.5 Å². The second-order valence-electron chi connectivity index (χ2n) is 3.42. The van der Waals surface area contributed by atoms with Gasteiger partial charge in [-0.05, 0) is 19.4 Å². The third-order valence-corrected chi connectivity index (χ3v) is 2.06. The van der Waals surface area contributed by atoms with Gasteiger partial charge in [0.05, 0.1) is 13.5 Å². The van der Waals surface area contributed by atoms with Crippen LogP contribution < -0.4 is 10.5 Å². The van der Waals surface area contributed by atoms with Crippen LogP contribution in [0.5, 0.6) is 5.75 Å². The van der Waals surface area contributed by atoms with E-state index in [1.165, 1.54) is 0 Å². The highest BCUT2D eigenvalue weighted by Gasteiger charge is 2.09. The van der Waals surface area contributed by atoms with Gasteiger partial charge in [0.25, 0.3) is 0 Å². The number of ether oxygens (including phenoxy) is 1. The molecule has 0 radical (unpaired) electrons. The molecule has 3 heteroatoms. The van der Waals surface area contributed by atoms with Crippen molar-refractivity contribution in [3.63, 3.8) is 0 Å². The van der Waals surface area contributed by atoms with Gasteiger partial charge in [0.2, 0.25) is 5.91 Å². The highest BCUT2D eigenvalue weighted by atomic mass is 16.5. The van der Waals surface area contributed by atoms with Crippen molar-refractivity contribution in [3.8, 4) is 5.75 Å². The Bertz CT molecular complexity index is 359. The zero-order valence-corrected chi connectivity index (χ0v) is 8.76. The Kier molecular flexibility index (Phi) is 3.12. The van der Waals surface area contributed by atoms with Crippen LogP contribution in [0.3, 0.4) is 0 Å². The van der Waals surface area contributed by atoms with E-state index in [2.05, 4.69) is 0 Å². The summed E-state index contributed by atoms with van der Waals surface area (Å²) in [5.74, 6) is 0.419. The first-order chi connectivity index (χ1) is 6.54. The fourth-order valence-electron chi connectivity index (χ4n) is 1.65. The van der Waals surface area contributed by atoms with Crippen molar-refractivity contribution < 1.29 is 9.53 Å². The highest BCUT2D eigenvalue weighted by Crippen LogP contribution is 2.25. The molecule has 0 atom stereocenters. The van der Waals surface area contributed by atoms with Crippen LogP contribution >= 0.6 is 0 Å². The van der Waals surface area contributed by atoms with Crippen molar-refractivity contribution in [2.75, 3.05) is 7.11 Å². The summed E-state index contributed by atoms with van der Waals surface area (Å²) < 4.78 is 5.22. The predicted octanol–water partition coefficient (Wildman–Crippen LogP) is 1.34. The van der Waals surface area contributed by atoms with E-state index in [1.807, 2.05) is 26.0 Å². The molecule has 0 unspecified atom stereocenters. The number of primary amides is 1. The summed E-state index contributed by atoms with van der Waals surface area (Å²) in [7, 11) is 1.60. The van der Waals surface area contributed by atoms with Crippen molar-refractivity contribution >= 4 is 5.91 Å². The van der Waals surface area contributed by atoms with Crippen molar-refractivity contribution in [2.45, 2.75) is 20.3 Å². The Balaban J connectivity index is 3.17. The number of aryl methyl sites for hydroxylation is 2. The van der Waals surface area contributed by atoms with Crippen LogP contribution in [0.15, 0.2) is 12.1 Å². The lowest BCUT2D eigenvalue weighted by molar-refractivity contribution is -0.117. The van der Waals surface area contributed by atoms with E-state index in [1.54, 1.807) is 7.11 Å². The fraction of sp³-hybridized carbons (Fsp3) is 0.364. The van der Waals surface area contributed by atoms with Gasteiger partial charge in [-0.2, -0.15) is 0 Å². The molecule has 1 aromatic rings. The average Bonchev–Trinajstić information content (AvgIpc) is 2.01. The average molecular weight is 193 g/mol. The molecule has 0 saturated carbocycles. The van der Waals surface area contributed by atoms with Gasteiger partial charge in [0, 0.05) is 5.56 Å². The molecular formula is C11H15NO2. The zero-order valence-electron chi connectivity index (χ0n) is 8.76. The summed E-state index contributed by atoms with van der Waals surface area (Å²) in [5.41, 5.74) is 8.15. The molecule has 1 rings (SSSR count). The summed E-state index contributed by atoms with van der Waals surface area (Å²) >= 11 is 0. The standard InChI is InChI=1S/C11H15NO2/c1-7-4-8(2)11(14-3)9(5-7)6-10(12)13/h4-5H,6H2,1-3H3,(H2,12,13). The number of hydrogen-bond acceptors (Lipinski definition) is 2. The zero-order chi connectivity index (χ0) is 10.7. The Morgan fingerprint density at radius 2 is 2.07 bits per heavy atom. The normalized spacial score (nSPS) is 9.93. The van der Waals surface area contributed by atoms with E-state index in [0.717, 1.165) is 22.4 Å². The summed E-state index contributed by atoms with van der Waals surface area (Å²) in [6.45, 7) is 3.94. The quantitative estimate of drug-likeness (QED) is 0.787. The summed E-state index contributed by atoms with van der Waals surface area (Å²) in [6, 6.07) is 3.94. The number of nitrogens with two attached hydrogens (primary N) is 1. The van der Waals surface area contributed by atoms with Crippen LogP contribution in [-0.4, -0.2) is 13.0 Å². The Hall–Kier alpha value is -1.51.